The molecule has 0 radical (unpaired) electrons. The van der Waals surface area contributed by atoms with Crippen molar-refractivity contribution in [1.29, 1.82) is 0 Å². The Bertz CT molecular complexity index is 667. The summed E-state index contributed by atoms with van der Waals surface area (Å²) in [4.78, 5) is 16.2. The van der Waals surface area contributed by atoms with Crippen molar-refractivity contribution in [2.45, 2.75) is 12.5 Å². The van der Waals surface area contributed by atoms with E-state index < -0.39 is 0 Å². The highest BCUT2D eigenvalue weighted by Crippen LogP contribution is 2.32. The third kappa shape index (κ3) is 3.68. The molecule has 2 aromatic heterocycles. The maximum absolute atomic E-state index is 12.4. The van der Waals surface area contributed by atoms with Gasteiger partial charge in [0.25, 0.3) is 0 Å². The zero-order chi connectivity index (χ0) is 17.1. The summed E-state index contributed by atoms with van der Waals surface area (Å²) in [6, 6.07) is 3.68. The first-order valence-electron chi connectivity index (χ1n) is 8.15. The normalized spacial score (nSPS) is 21.3. The predicted molar refractivity (Wildman–Crippen MR) is 88.1 cm³/mol. The number of aliphatic hydroxyl groups is 1. The summed E-state index contributed by atoms with van der Waals surface area (Å²) in [5.74, 6) is 1.17. The third-order valence-electron chi connectivity index (χ3n) is 4.66. The molecule has 0 aliphatic carbocycles. The van der Waals surface area contributed by atoms with E-state index in [9.17, 15) is 9.90 Å². The van der Waals surface area contributed by atoms with Gasteiger partial charge in [0.1, 0.15) is 5.76 Å². The van der Waals surface area contributed by atoms with Crippen LogP contribution in [0.3, 0.4) is 0 Å². The van der Waals surface area contributed by atoms with Gasteiger partial charge in [0.05, 0.1) is 25.5 Å². The fourth-order valence-electron chi connectivity index (χ4n) is 3.32. The molecule has 7 heteroatoms. The molecule has 1 aliphatic heterocycles. The smallest absolute Gasteiger partial charge is 0.236 e. The van der Waals surface area contributed by atoms with Gasteiger partial charge in [-0.25, -0.2) is 0 Å². The predicted octanol–water partition coefficient (Wildman–Crippen LogP) is 0.679. The summed E-state index contributed by atoms with van der Waals surface area (Å²) in [5, 5.41) is 13.9. The Kier molecular flexibility index (Phi) is 5.01. The fourth-order valence-corrected chi connectivity index (χ4v) is 3.32. The summed E-state index contributed by atoms with van der Waals surface area (Å²) in [5.41, 5.74) is 1.12. The summed E-state index contributed by atoms with van der Waals surface area (Å²) < 4.78 is 7.06. The van der Waals surface area contributed by atoms with E-state index in [1.54, 1.807) is 22.9 Å². The maximum Gasteiger partial charge on any atom is 0.236 e. The van der Waals surface area contributed by atoms with Crippen molar-refractivity contribution in [1.82, 2.24) is 19.6 Å². The third-order valence-corrected chi connectivity index (χ3v) is 4.66. The summed E-state index contributed by atoms with van der Waals surface area (Å²) in [7, 11) is 3.67. The van der Waals surface area contributed by atoms with Crippen molar-refractivity contribution in [2.75, 3.05) is 33.3 Å². The van der Waals surface area contributed by atoms with E-state index in [1.807, 2.05) is 31.6 Å². The van der Waals surface area contributed by atoms with Crippen molar-refractivity contribution >= 4 is 5.91 Å². The first-order chi connectivity index (χ1) is 11.6. The van der Waals surface area contributed by atoms with E-state index >= 15 is 0 Å². The molecule has 0 saturated carbocycles. The molecule has 2 aromatic rings. The van der Waals surface area contributed by atoms with Crippen LogP contribution < -0.4 is 0 Å². The van der Waals surface area contributed by atoms with E-state index in [1.165, 1.54) is 0 Å². The van der Waals surface area contributed by atoms with Gasteiger partial charge in [0.2, 0.25) is 5.91 Å². The van der Waals surface area contributed by atoms with E-state index in [4.69, 9.17) is 4.42 Å². The Hall–Kier alpha value is -2.12. The summed E-state index contributed by atoms with van der Waals surface area (Å²) in [6.07, 6.45) is 5.45. The second-order valence-corrected chi connectivity index (χ2v) is 6.52. The number of hydrogen-bond donors (Lipinski definition) is 1. The molecule has 0 unspecified atom stereocenters. The molecule has 1 saturated heterocycles. The lowest BCUT2D eigenvalue weighted by atomic mass is 9.92. The van der Waals surface area contributed by atoms with Crippen LogP contribution in [-0.4, -0.2) is 63.9 Å². The molecule has 1 N–H and O–H groups in total. The van der Waals surface area contributed by atoms with Crippen molar-refractivity contribution in [3.63, 3.8) is 0 Å². The molecule has 2 atom stereocenters. The van der Waals surface area contributed by atoms with E-state index in [2.05, 4.69) is 10.00 Å². The molecule has 0 spiro atoms. The van der Waals surface area contributed by atoms with Crippen LogP contribution >= 0.6 is 0 Å². The van der Waals surface area contributed by atoms with Crippen molar-refractivity contribution in [2.24, 2.45) is 13.0 Å². The number of aliphatic hydroxyl groups excluding tert-OH is 1. The lowest BCUT2D eigenvalue weighted by Crippen LogP contribution is -2.37. The molecule has 3 rings (SSSR count). The van der Waals surface area contributed by atoms with Crippen LogP contribution in [0, 0.1) is 5.92 Å². The van der Waals surface area contributed by atoms with Crippen LogP contribution in [0.15, 0.2) is 35.2 Å². The van der Waals surface area contributed by atoms with Crippen molar-refractivity contribution in [3.8, 4) is 0 Å². The molecule has 1 fully saturated rings. The van der Waals surface area contributed by atoms with Gasteiger partial charge in [-0.2, -0.15) is 5.10 Å². The Morgan fingerprint density at radius 2 is 2.33 bits per heavy atom. The Labute approximate surface area is 141 Å². The highest BCUT2D eigenvalue weighted by atomic mass is 16.3. The Morgan fingerprint density at radius 3 is 2.96 bits per heavy atom. The molecule has 130 valence electrons. The van der Waals surface area contributed by atoms with Gasteiger partial charge in [-0.15, -0.1) is 0 Å². The molecule has 0 bridgehead atoms. The van der Waals surface area contributed by atoms with Gasteiger partial charge in [0, 0.05) is 51.8 Å². The number of likely N-dealkylation sites (tertiary alicyclic amines) is 1. The monoisotopic (exact) mass is 332 g/mol. The van der Waals surface area contributed by atoms with E-state index in [0.29, 0.717) is 13.1 Å². The highest BCUT2D eigenvalue weighted by Gasteiger charge is 2.35. The number of rotatable bonds is 6. The minimum absolute atomic E-state index is 0.0509. The van der Waals surface area contributed by atoms with Gasteiger partial charge in [0.15, 0.2) is 0 Å². The Balaban J connectivity index is 1.58. The average molecular weight is 332 g/mol. The second-order valence-electron chi connectivity index (χ2n) is 6.52. The largest absolute Gasteiger partial charge is 0.467 e. The van der Waals surface area contributed by atoms with Crippen LogP contribution in [-0.2, 0) is 18.4 Å². The zero-order valence-electron chi connectivity index (χ0n) is 14.1. The maximum atomic E-state index is 12.4. The second kappa shape index (κ2) is 7.19. The number of carbonyl (C=O) groups is 1. The fraction of sp³-hybridized carbons (Fsp3) is 0.529. The van der Waals surface area contributed by atoms with Gasteiger partial charge < -0.3 is 14.4 Å². The van der Waals surface area contributed by atoms with Crippen LogP contribution in [0.25, 0.3) is 0 Å². The topological polar surface area (TPSA) is 74.7 Å². The highest BCUT2D eigenvalue weighted by molar-refractivity contribution is 5.78. The lowest BCUT2D eigenvalue weighted by Gasteiger charge is -2.20. The van der Waals surface area contributed by atoms with Gasteiger partial charge in [-0.1, -0.05) is 0 Å². The molecule has 24 heavy (non-hydrogen) atoms. The molecule has 1 aliphatic rings. The standard InChI is InChI=1S/C17H24N4O3/c1-19(9-15-4-3-5-24-15)17(23)11-21-8-14(12-22)16(10-21)13-6-18-20(2)7-13/h3-7,14,16,22H,8-12H2,1-2H3/t14-,16-/m0/s1. The minimum Gasteiger partial charge on any atom is -0.467 e. The van der Waals surface area contributed by atoms with Crippen molar-refractivity contribution in [3.05, 3.63) is 42.1 Å². The number of carbonyl (C=O) groups excluding carboxylic acids is 1. The lowest BCUT2D eigenvalue weighted by molar-refractivity contribution is -0.131. The SMILES string of the molecule is CN(Cc1ccco1)C(=O)CN1C[C@@H](CO)[C@H](c2cnn(C)c2)C1. The van der Waals surface area contributed by atoms with Gasteiger partial charge in [-0.05, 0) is 17.7 Å². The molecule has 1 amide bonds. The average Bonchev–Trinajstić information content (AvgIpc) is 3.28. The van der Waals surface area contributed by atoms with Gasteiger partial charge in [-0.3, -0.25) is 14.4 Å². The molecular weight excluding hydrogens is 308 g/mol. The Morgan fingerprint density at radius 1 is 1.50 bits per heavy atom. The van der Waals surface area contributed by atoms with Crippen LogP contribution in [0.4, 0.5) is 0 Å². The van der Waals surface area contributed by atoms with E-state index in [-0.39, 0.29) is 24.3 Å². The number of amides is 1. The van der Waals surface area contributed by atoms with Crippen molar-refractivity contribution < 1.29 is 14.3 Å². The minimum atomic E-state index is 0.0509. The first-order valence-corrected chi connectivity index (χ1v) is 8.15. The number of nitrogens with zero attached hydrogens (tertiary/aromatic N) is 4. The van der Waals surface area contributed by atoms with Gasteiger partial charge >= 0.3 is 0 Å². The molecular formula is C17H24N4O3. The van der Waals surface area contributed by atoms with Crippen LogP contribution in [0.2, 0.25) is 0 Å². The summed E-state index contributed by atoms with van der Waals surface area (Å²) >= 11 is 0. The van der Waals surface area contributed by atoms with Crippen LogP contribution in [0.1, 0.15) is 17.2 Å². The first kappa shape index (κ1) is 16.7. The molecule has 3 heterocycles. The van der Waals surface area contributed by atoms with E-state index in [0.717, 1.165) is 24.4 Å². The summed E-state index contributed by atoms with van der Waals surface area (Å²) in [6.45, 7) is 2.42. The quantitative estimate of drug-likeness (QED) is 0.842. The number of aromatic nitrogens is 2. The number of aryl methyl sites for hydroxylation is 1. The molecule has 7 nitrogen and oxygen atoms in total. The molecule has 0 aromatic carbocycles. The number of furan rings is 1. The van der Waals surface area contributed by atoms with Crippen LogP contribution in [0.5, 0.6) is 0 Å². The zero-order valence-corrected chi connectivity index (χ0v) is 14.1. The number of likely N-dealkylation sites (N-methyl/N-ethyl adjacent to an activating group) is 1. The number of hydrogen-bond acceptors (Lipinski definition) is 5.